The normalized spacial score (nSPS) is 14.3. The third-order valence-electron chi connectivity index (χ3n) is 2.08. The number of rotatable bonds is 8. The van der Waals surface area contributed by atoms with E-state index in [0.29, 0.717) is 0 Å². The van der Waals surface area contributed by atoms with E-state index in [-0.39, 0.29) is 12.5 Å². The van der Waals surface area contributed by atoms with Crippen LogP contribution in [-0.4, -0.2) is 16.4 Å². The number of unbranched alkanes of at least 4 members (excludes halogenated alkanes) is 3. The second-order valence-electron chi connectivity index (χ2n) is 3.74. The van der Waals surface area contributed by atoms with Crippen molar-refractivity contribution in [2.45, 2.75) is 46.0 Å². The lowest BCUT2D eigenvalue weighted by Gasteiger charge is -2.11. The highest BCUT2D eigenvalue weighted by atomic mass is 31.2. The van der Waals surface area contributed by atoms with Crippen molar-refractivity contribution in [3.63, 3.8) is 0 Å². The number of hydrogen-bond acceptors (Lipinski definition) is 2. The van der Waals surface area contributed by atoms with Gasteiger partial charge in [-0.3, -0.25) is 4.52 Å². The van der Waals surface area contributed by atoms with E-state index in [9.17, 15) is 4.57 Å². The summed E-state index contributed by atoms with van der Waals surface area (Å²) in [6, 6.07) is 0. The molecule has 0 fully saturated rings. The minimum atomic E-state index is -4.26. The molecule has 1 atom stereocenters. The maximum Gasteiger partial charge on any atom is 0.469 e. The Balaban J connectivity index is 3.37. The first kappa shape index (κ1) is 14.1. The summed E-state index contributed by atoms with van der Waals surface area (Å²) in [7, 11) is -4.26. The predicted octanol–water partition coefficient (Wildman–Crippen LogP) is 2.70. The fourth-order valence-corrected chi connectivity index (χ4v) is 1.68. The van der Waals surface area contributed by atoms with E-state index in [4.69, 9.17) is 9.79 Å². The van der Waals surface area contributed by atoms with Gasteiger partial charge in [-0.15, -0.1) is 0 Å². The van der Waals surface area contributed by atoms with Crippen LogP contribution in [0.2, 0.25) is 0 Å². The average Bonchev–Trinajstić information content (AvgIpc) is 2.08. The Labute approximate surface area is 85.9 Å². The van der Waals surface area contributed by atoms with Gasteiger partial charge in [-0.2, -0.15) is 0 Å². The molecule has 5 heteroatoms. The highest BCUT2D eigenvalue weighted by Crippen LogP contribution is 2.36. The van der Waals surface area contributed by atoms with Crippen molar-refractivity contribution in [3.05, 3.63) is 0 Å². The van der Waals surface area contributed by atoms with Gasteiger partial charge in [-0.25, -0.2) is 4.57 Å². The first-order valence-electron chi connectivity index (χ1n) is 5.15. The lowest BCUT2D eigenvalue weighted by Crippen LogP contribution is -2.04. The summed E-state index contributed by atoms with van der Waals surface area (Å²) in [6.07, 6.45) is 5.70. The van der Waals surface area contributed by atoms with Gasteiger partial charge in [0.25, 0.3) is 0 Å². The monoisotopic (exact) mass is 224 g/mol. The van der Waals surface area contributed by atoms with Crippen LogP contribution in [0.3, 0.4) is 0 Å². The molecule has 0 aromatic heterocycles. The smallest absolute Gasteiger partial charge is 0.303 e. The number of phosphoric ester groups is 1. The average molecular weight is 224 g/mol. The fraction of sp³-hybridized carbons (Fsp3) is 1.00. The molecule has 0 saturated heterocycles. The van der Waals surface area contributed by atoms with E-state index in [2.05, 4.69) is 11.4 Å². The first-order valence-corrected chi connectivity index (χ1v) is 6.69. The molecule has 0 aromatic rings. The largest absolute Gasteiger partial charge is 0.469 e. The molecule has 0 aliphatic heterocycles. The first-order chi connectivity index (χ1) is 6.45. The van der Waals surface area contributed by atoms with Crippen LogP contribution in [0.4, 0.5) is 0 Å². The van der Waals surface area contributed by atoms with Gasteiger partial charge in [-0.05, 0) is 12.3 Å². The Kier molecular flexibility index (Phi) is 7.47. The van der Waals surface area contributed by atoms with Crippen molar-refractivity contribution in [2.24, 2.45) is 5.92 Å². The van der Waals surface area contributed by atoms with E-state index < -0.39 is 7.82 Å². The van der Waals surface area contributed by atoms with Crippen molar-refractivity contribution >= 4 is 7.82 Å². The molecule has 4 nitrogen and oxygen atoms in total. The second kappa shape index (κ2) is 7.41. The quantitative estimate of drug-likeness (QED) is 0.491. The molecule has 2 N–H and O–H groups in total. The standard InChI is InChI=1S/C9H21O4P/c1-3-4-5-6-7-9(2)8-13-14(10,11)12/h9H,3-8H2,1-2H3,(H2,10,11,12). The molecule has 14 heavy (non-hydrogen) atoms. The third-order valence-corrected chi connectivity index (χ3v) is 2.56. The van der Waals surface area contributed by atoms with Crippen molar-refractivity contribution in [1.29, 1.82) is 0 Å². The van der Waals surface area contributed by atoms with Crippen LogP contribution in [0.15, 0.2) is 0 Å². The summed E-state index contributed by atoms with van der Waals surface area (Å²) in [5.74, 6) is 0.222. The van der Waals surface area contributed by atoms with Gasteiger partial charge in [0.1, 0.15) is 0 Å². The summed E-state index contributed by atoms with van der Waals surface area (Å²) < 4.78 is 14.8. The summed E-state index contributed by atoms with van der Waals surface area (Å²) in [4.78, 5) is 16.9. The van der Waals surface area contributed by atoms with Crippen molar-refractivity contribution < 1.29 is 18.9 Å². The Hall–Kier alpha value is 0.110. The zero-order valence-electron chi connectivity index (χ0n) is 8.98. The molecule has 0 aromatic carbocycles. The van der Waals surface area contributed by atoms with Crippen LogP contribution in [0.1, 0.15) is 46.0 Å². The Morgan fingerprint density at radius 2 is 1.93 bits per heavy atom. The third kappa shape index (κ3) is 10.2. The molecule has 0 aliphatic carbocycles. The lowest BCUT2D eigenvalue weighted by molar-refractivity contribution is 0.168. The minimum Gasteiger partial charge on any atom is -0.303 e. The SMILES string of the molecule is CCCCCCC(C)COP(=O)(O)O. The Morgan fingerprint density at radius 3 is 2.43 bits per heavy atom. The Bertz CT molecular complexity index is 178. The highest BCUT2D eigenvalue weighted by molar-refractivity contribution is 7.46. The van der Waals surface area contributed by atoms with E-state index in [1.807, 2.05) is 6.92 Å². The van der Waals surface area contributed by atoms with Gasteiger partial charge < -0.3 is 9.79 Å². The fourth-order valence-electron chi connectivity index (χ4n) is 1.23. The topological polar surface area (TPSA) is 66.8 Å². The summed E-state index contributed by atoms with van der Waals surface area (Å²) in [6.45, 7) is 4.25. The van der Waals surface area contributed by atoms with Gasteiger partial charge in [0.05, 0.1) is 6.61 Å². The van der Waals surface area contributed by atoms with Crippen LogP contribution in [-0.2, 0) is 9.09 Å². The molecule has 0 aliphatic rings. The zero-order valence-corrected chi connectivity index (χ0v) is 9.87. The van der Waals surface area contributed by atoms with Crippen LogP contribution in [0, 0.1) is 5.92 Å². The predicted molar refractivity (Wildman–Crippen MR) is 55.9 cm³/mol. The van der Waals surface area contributed by atoms with E-state index >= 15 is 0 Å². The van der Waals surface area contributed by atoms with Gasteiger partial charge in [-0.1, -0.05) is 39.5 Å². The molecule has 0 rings (SSSR count). The summed E-state index contributed by atoms with van der Waals surface area (Å²) >= 11 is 0. The molecule has 1 unspecified atom stereocenters. The van der Waals surface area contributed by atoms with E-state index in [1.165, 1.54) is 19.3 Å². The molecule has 0 amide bonds. The van der Waals surface area contributed by atoms with Crippen molar-refractivity contribution in [2.75, 3.05) is 6.61 Å². The van der Waals surface area contributed by atoms with Gasteiger partial charge in [0, 0.05) is 0 Å². The lowest BCUT2D eigenvalue weighted by atomic mass is 10.0. The highest BCUT2D eigenvalue weighted by Gasteiger charge is 2.15. The molecule has 0 heterocycles. The van der Waals surface area contributed by atoms with E-state index in [0.717, 1.165) is 12.8 Å². The van der Waals surface area contributed by atoms with Gasteiger partial charge in [0.15, 0.2) is 0 Å². The van der Waals surface area contributed by atoms with Crippen molar-refractivity contribution in [1.82, 2.24) is 0 Å². The molecule has 0 spiro atoms. The van der Waals surface area contributed by atoms with Crippen LogP contribution >= 0.6 is 7.82 Å². The van der Waals surface area contributed by atoms with Crippen LogP contribution < -0.4 is 0 Å². The van der Waals surface area contributed by atoms with Crippen LogP contribution in [0.5, 0.6) is 0 Å². The molecule has 86 valence electrons. The van der Waals surface area contributed by atoms with Crippen LogP contribution in [0.25, 0.3) is 0 Å². The maximum atomic E-state index is 10.4. The van der Waals surface area contributed by atoms with E-state index in [1.54, 1.807) is 0 Å². The molecular formula is C9H21O4P. The summed E-state index contributed by atoms with van der Waals surface area (Å²) in [5, 5.41) is 0. The molecular weight excluding hydrogens is 203 g/mol. The van der Waals surface area contributed by atoms with Gasteiger partial charge in [0.2, 0.25) is 0 Å². The summed E-state index contributed by atoms with van der Waals surface area (Å²) in [5.41, 5.74) is 0. The maximum absolute atomic E-state index is 10.4. The number of phosphoric acid groups is 1. The number of hydrogen-bond donors (Lipinski definition) is 2. The molecule has 0 radical (unpaired) electrons. The second-order valence-corrected chi connectivity index (χ2v) is 4.98. The Morgan fingerprint density at radius 1 is 1.29 bits per heavy atom. The molecule has 0 bridgehead atoms. The zero-order chi connectivity index (χ0) is 11.0. The van der Waals surface area contributed by atoms with Gasteiger partial charge >= 0.3 is 7.82 Å². The van der Waals surface area contributed by atoms with Crippen molar-refractivity contribution in [3.8, 4) is 0 Å². The molecule has 0 saturated carbocycles. The minimum absolute atomic E-state index is 0.149.